The second-order valence-electron chi connectivity index (χ2n) is 2.80. The molecular weight excluding hydrogens is 160 g/mol. The van der Waals surface area contributed by atoms with E-state index < -0.39 is 0 Å². The number of halogens is 1. The molecule has 1 aromatic rings. The van der Waals surface area contributed by atoms with Crippen LogP contribution in [0.25, 0.3) is 0 Å². The molecule has 0 spiro atoms. The molecule has 58 valence electrons. The fraction of sp³-hybridized carbons (Fsp3) is 0.333. The van der Waals surface area contributed by atoms with Gasteiger partial charge in [0.05, 0.1) is 6.61 Å². The third-order valence-corrected chi connectivity index (χ3v) is 2.42. The monoisotopic (exact) mass is 168 g/mol. The van der Waals surface area contributed by atoms with Crippen LogP contribution in [0.2, 0.25) is 5.02 Å². The van der Waals surface area contributed by atoms with Gasteiger partial charge in [0.2, 0.25) is 0 Å². The van der Waals surface area contributed by atoms with Crippen molar-refractivity contribution in [2.24, 2.45) is 0 Å². The number of hydrogen-bond acceptors (Lipinski definition) is 1. The van der Waals surface area contributed by atoms with Crippen molar-refractivity contribution >= 4 is 11.6 Å². The van der Waals surface area contributed by atoms with Gasteiger partial charge in [-0.15, -0.1) is 0 Å². The Kier molecular flexibility index (Phi) is 1.63. The minimum atomic E-state index is 0.266. The first kappa shape index (κ1) is 7.14. The van der Waals surface area contributed by atoms with E-state index in [2.05, 4.69) is 0 Å². The molecule has 1 saturated heterocycles. The Hall–Kier alpha value is -0.530. The maximum Gasteiger partial charge on any atom is 0.107 e. The molecule has 0 N–H and O–H groups in total. The molecule has 0 aromatic heterocycles. The van der Waals surface area contributed by atoms with Gasteiger partial charge in [-0.3, -0.25) is 0 Å². The van der Waals surface area contributed by atoms with Crippen molar-refractivity contribution in [2.75, 3.05) is 6.61 Å². The summed E-state index contributed by atoms with van der Waals surface area (Å²) < 4.78 is 5.15. The highest BCUT2D eigenvalue weighted by molar-refractivity contribution is 6.32. The maximum atomic E-state index is 6.05. The molecule has 1 fully saturated rings. The number of rotatable bonds is 1. The van der Waals surface area contributed by atoms with E-state index in [-0.39, 0.29) is 6.10 Å². The fourth-order valence-corrected chi connectivity index (χ4v) is 1.39. The largest absolute Gasteiger partial charge is 0.368 e. The summed E-state index contributed by atoms with van der Waals surface area (Å²) in [6, 6.07) is 6.04. The summed E-state index contributed by atoms with van der Waals surface area (Å²) in [5.74, 6) is 0. The van der Waals surface area contributed by atoms with Crippen LogP contribution in [0.1, 0.15) is 17.2 Å². The highest BCUT2D eigenvalue weighted by atomic mass is 35.5. The molecule has 0 radical (unpaired) electrons. The molecule has 1 aliphatic heterocycles. The van der Waals surface area contributed by atoms with Crippen LogP contribution in [0.15, 0.2) is 18.2 Å². The van der Waals surface area contributed by atoms with Crippen LogP contribution in [0.3, 0.4) is 0 Å². The van der Waals surface area contributed by atoms with Crippen molar-refractivity contribution in [2.45, 2.75) is 13.0 Å². The van der Waals surface area contributed by atoms with Crippen LogP contribution >= 0.6 is 11.6 Å². The molecule has 2 heteroatoms. The van der Waals surface area contributed by atoms with Crippen molar-refractivity contribution in [3.63, 3.8) is 0 Å². The number of ether oxygens (including phenoxy) is 1. The summed E-state index contributed by atoms with van der Waals surface area (Å²) in [5, 5.41) is 0.856. The van der Waals surface area contributed by atoms with Gasteiger partial charge in [-0.25, -0.2) is 0 Å². The molecule has 0 saturated carbocycles. The SMILES string of the molecule is Cc1cccc(C2CO2)c1Cl. The highest BCUT2D eigenvalue weighted by Gasteiger charge is 2.27. The van der Waals surface area contributed by atoms with Gasteiger partial charge in [0.15, 0.2) is 0 Å². The van der Waals surface area contributed by atoms with Gasteiger partial charge in [-0.1, -0.05) is 29.8 Å². The topological polar surface area (TPSA) is 12.5 Å². The third-order valence-electron chi connectivity index (χ3n) is 1.90. The molecular formula is C9H9ClO. The van der Waals surface area contributed by atoms with Gasteiger partial charge in [0.1, 0.15) is 6.10 Å². The van der Waals surface area contributed by atoms with Crippen molar-refractivity contribution < 1.29 is 4.74 Å². The third kappa shape index (κ3) is 1.26. The van der Waals surface area contributed by atoms with Crippen LogP contribution in [-0.4, -0.2) is 6.61 Å². The number of epoxide rings is 1. The van der Waals surface area contributed by atoms with E-state index in [0.29, 0.717) is 0 Å². The molecule has 1 aliphatic rings. The van der Waals surface area contributed by atoms with Crippen LogP contribution in [-0.2, 0) is 4.74 Å². The van der Waals surface area contributed by atoms with E-state index >= 15 is 0 Å². The molecule has 1 unspecified atom stereocenters. The summed E-state index contributed by atoms with van der Waals surface area (Å²) in [4.78, 5) is 0. The smallest absolute Gasteiger partial charge is 0.107 e. The van der Waals surface area contributed by atoms with Gasteiger partial charge in [0, 0.05) is 10.6 Å². The fourth-order valence-electron chi connectivity index (χ4n) is 1.15. The van der Waals surface area contributed by atoms with Gasteiger partial charge in [-0.05, 0) is 12.5 Å². The Morgan fingerprint density at radius 1 is 1.55 bits per heavy atom. The maximum absolute atomic E-state index is 6.05. The van der Waals surface area contributed by atoms with E-state index in [0.717, 1.165) is 22.8 Å². The average molecular weight is 169 g/mol. The first-order chi connectivity index (χ1) is 5.29. The lowest BCUT2D eigenvalue weighted by Crippen LogP contribution is -1.84. The van der Waals surface area contributed by atoms with Gasteiger partial charge in [0.25, 0.3) is 0 Å². The Labute approximate surface area is 70.9 Å². The molecule has 0 aliphatic carbocycles. The van der Waals surface area contributed by atoms with Crippen molar-refractivity contribution in [3.8, 4) is 0 Å². The number of hydrogen-bond donors (Lipinski definition) is 0. The molecule has 0 amide bonds. The Morgan fingerprint density at radius 3 is 2.91 bits per heavy atom. The van der Waals surface area contributed by atoms with Crippen molar-refractivity contribution in [1.29, 1.82) is 0 Å². The lowest BCUT2D eigenvalue weighted by atomic mass is 10.1. The Bertz CT molecular complexity index is 279. The van der Waals surface area contributed by atoms with Crippen LogP contribution in [0.5, 0.6) is 0 Å². The van der Waals surface area contributed by atoms with Crippen molar-refractivity contribution in [3.05, 3.63) is 34.3 Å². The van der Waals surface area contributed by atoms with Crippen LogP contribution < -0.4 is 0 Å². The molecule has 1 heterocycles. The summed E-state index contributed by atoms with van der Waals surface area (Å²) in [5.41, 5.74) is 2.26. The zero-order valence-corrected chi connectivity index (χ0v) is 7.06. The zero-order valence-electron chi connectivity index (χ0n) is 6.30. The second kappa shape index (κ2) is 2.50. The van der Waals surface area contributed by atoms with E-state index in [1.54, 1.807) is 0 Å². The van der Waals surface area contributed by atoms with E-state index in [1.807, 2.05) is 25.1 Å². The molecule has 1 atom stereocenters. The zero-order chi connectivity index (χ0) is 7.84. The van der Waals surface area contributed by atoms with E-state index in [4.69, 9.17) is 16.3 Å². The minimum absolute atomic E-state index is 0.266. The highest BCUT2D eigenvalue weighted by Crippen LogP contribution is 2.35. The van der Waals surface area contributed by atoms with Crippen LogP contribution in [0.4, 0.5) is 0 Å². The lowest BCUT2D eigenvalue weighted by molar-refractivity contribution is 0.415. The Morgan fingerprint density at radius 2 is 2.27 bits per heavy atom. The average Bonchev–Trinajstić information content (AvgIpc) is 2.77. The molecule has 1 aromatic carbocycles. The number of benzene rings is 1. The van der Waals surface area contributed by atoms with Gasteiger partial charge in [-0.2, -0.15) is 0 Å². The van der Waals surface area contributed by atoms with Crippen LogP contribution in [0, 0.1) is 6.92 Å². The quantitative estimate of drug-likeness (QED) is 0.588. The summed E-state index contributed by atoms with van der Waals surface area (Å²) >= 11 is 6.05. The normalized spacial score (nSPS) is 21.8. The first-order valence-corrected chi connectivity index (χ1v) is 4.03. The summed E-state index contributed by atoms with van der Waals surface area (Å²) in [6.07, 6.45) is 0.266. The van der Waals surface area contributed by atoms with Gasteiger partial charge < -0.3 is 4.74 Å². The second-order valence-corrected chi connectivity index (χ2v) is 3.18. The van der Waals surface area contributed by atoms with E-state index in [1.165, 1.54) is 0 Å². The predicted octanol–water partition coefficient (Wildman–Crippen LogP) is 2.72. The summed E-state index contributed by atoms with van der Waals surface area (Å²) in [6.45, 7) is 2.83. The van der Waals surface area contributed by atoms with E-state index in [9.17, 15) is 0 Å². The molecule has 0 bridgehead atoms. The standard InChI is InChI=1S/C9H9ClO/c1-6-3-2-4-7(9(6)10)8-5-11-8/h2-4,8H,5H2,1H3. The molecule has 1 nitrogen and oxygen atoms in total. The summed E-state index contributed by atoms with van der Waals surface area (Å²) in [7, 11) is 0. The van der Waals surface area contributed by atoms with Gasteiger partial charge >= 0.3 is 0 Å². The Balaban J connectivity index is 2.45. The molecule has 2 rings (SSSR count). The number of aryl methyl sites for hydroxylation is 1. The first-order valence-electron chi connectivity index (χ1n) is 3.65. The lowest BCUT2D eigenvalue weighted by Gasteiger charge is -2.01. The van der Waals surface area contributed by atoms with Crippen molar-refractivity contribution in [1.82, 2.24) is 0 Å². The molecule has 11 heavy (non-hydrogen) atoms. The minimum Gasteiger partial charge on any atom is -0.368 e. The predicted molar refractivity (Wildman–Crippen MR) is 44.9 cm³/mol.